The molecule has 0 fully saturated rings. The fourth-order valence-electron chi connectivity index (χ4n) is 2.12. The largest absolute Gasteiger partial charge is 0.363 e. The zero-order valence-corrected chi connectivity index (χ0v) is 12.0. The van der Waals surface area contributed by atoms with Gasteiger partial charge in [0.15, 0.2) is 5.65 Å². The number of anilines is 2. The quantitative estimate of drug-likeness (QED) is 0.436. The van der Waals surface area contributed by atoms with Crippen LogP contribution in [0, 0.1) is 0 Å². The van der Waals surface area contributed by atoms with Crippen molar-refractivity contribution in [2.75, 3.05) is 10.7 Å². The maximum absolute atomic E-state index is 6.22. The van der Waals surface area contributed by atoms with Crippen molar-refractivity contribution < 1.29 is 0 Å². The van der Waals surface area contributed by atoms with Crippen LogP contribution < -0.4 is 16.6 Å². The molecule has 3 aromatic rings. The van der Waals surface area contributed by atoms with Crippen molar-refractivity contribution in [1.82, 2.24) is 20.2 Å². The summed E-state index contributed by atoms with van der Waals surface area (Å²) in [6, 6.07) is 7.64. The molecular weight excluding hydrogens is 290 g/mol. The summed E-state index contributed by atoms with van der Waals surface area (Å²) >= 11 is 6.22. The molecule has 0 saturated carbocycles. The van der Waals surface area contributed by atoms with E-state index in [1.807, 2.05) is 31.2 Å². The summed E-state index contributed by atoms with van der Waals surface area (Å²) in [5.74, 6) is 6.33. The van der Waals surface area contributed by atoms with Gasteiger partial charge in [-0.15, -0.1) is 0 Å². The van der Waals surface area contributed by atoms with E-state index in [2.05, 4.69) is 30.9 Å². The van der Waals surface area contributed by atoms with Crippen LogP contribution in [0.5, 0.6) is 0 Å². The Bertz CT molecular complexity index is 770. The molecule has 21 heavy (non-hydrogen) atoms. The monoisotopic (exact) mass is 303 g/mol. The number of halogens is 1. The topological polar surface area (TPSA) is 105 Å². The van der Waals surface area contributed by atoms with Gasteiger partial charge < -0.3 is 5.32 Å². The third-order valence-corrected chi connectivity index (χ3v) is 3.51. The summed E-state index contributed by atoms with van der Waals surface area (Å²) in [5.41, 5.74) is 4.02. The number of nitrogens with one attached hydrogen (secondary N) is 3. The number of nitrogen functional groups attached to an aromatic ring is 1. The van der Waals surface area contributed by atoms with Crippen molar-refractivity contribution in [2.45, 2.75) is 13.0 Å². The van der Waals surface area contributed by atoms with Gasteiger partial charge in [0, 0.05) is 5.02 Å². The van der Waals surface area contributed by atoms with Gasteiger partial charge in [0.1, 0.15) is 5.82 Å². The summed E-state index contributed by atoms with van der Waals surface area (Å²) in [7, 11) is 0. The predicted octanol–water partition coefficient (Wildman–Crippen LogP) is 2.46. The molecular formula is C13H14ClN7. The molecule has 1 unspecified atom stereocenters. The number of nitrogens with zero attached hydrogens (tertiary/aromatic N) is 3. The summed E-state index contributed by atoms with van der Waals surface area (Å²) < 4.78 is 0. The van der Waals surface area contributed by atoms with Crippen molar-refractivity contribution in [1.29, 1.82) is 0 Å². The average molecular weight is 304 g/mol. The Morgan fingerprint density at radius 2 is 2.10 bits per heavy atom. The fraction of sp³-hybridized carbons (Fsp3) is 0.154. The minimum atomic E-state index is -0.0303. The van der Waals surface area contributed by atoms with E-state index in [0.29, 0.717) is 22.4 Å². The molecule has 1 aromatic carbocycles. The van der Waals surface area contributed by atoms with Crippen LogP contribution in [0.15, 0.2) is 30.5 Å². The van der Waals surface area contributed by atoms with Gasteiger partial charge in [-0.25, -0.2) is 5.84 Å². The third-order valence-electron chi connectivity index (χ3n) is 3.16. The van der Waals surface area contributed by atoms with Crippen LogP contribution in [0.4, 0.5) is 11.8 Å². The molecule has 0 spiro atoms. The first-order chi connectivity index (χ1) is 10.2. The van der Waals surface area contributed by atoms with Crippen LogP contribution in [0.25, 0.3) is 11.0 Å². The predicted molar refractivity (Wildman–Crippen MR) is 83.0 cm³/mol. The number of aromatic nitrogens is 4. The molecule has 0 aliphatic heterocycles. The summed E-state index contributed by atoms with van der Waals surface area (Å²) in [4.78, 5) is 8.51. The molecule has 0 aliphatic carbocycles. The van der Waals surface area contributed by atoms with Gasteiger partial charge in [-0.1, -0.05) is 29.8 Å². The van der Waals surface area contributed by atoms with Gasteiger partial charge in [-0.3, -0.25) is 10.5 Å². The average Bonchev–Trinajstić information content (AvgIpc) is 2.96. The first-order valence-electron chi connectivity index (χ1n) is 6.37. The Morgan fingerprint density at radius 3 is 2.86 bits per heavy atom. The van der Waals surface area contributed by atoms with E-state index < -0.39 is 0 Å². The molecule has 0 aliphatic rings. The minimum Gasteiger partial charge on any atom is -0.363 e. The van der Waals surface area contributed by atoms with Gasteiger partial charge in [0.05, 0.1) is 17.6 Å². The number of hydrogen-bond acceptors (Lipinski definition) is 6. The normalized spacial score (nSPS) is 12.3. The highest BCUT2D eigenvalue weighted by molar-refractivity contribution is 6.31. The van der Waals surface area contributed by atoms with Crippen LogP contribution in [-0.4, -0.2) is 20.2 Å². The molecule has 2 aromatic heterocycles. The highest BCUT2D eigenvalue weighted by Gasteiger charge is 2.14. The molecule has 5 N–H and O–H groups in total. The Kier molecular flexibility index (Phi) is 3.59. The second kappa shape index (κ2) is 5.55. The van der Waals surface area contributed by atoms with Crippen molar-refractivity contribution in [3.05, 3.63) is 41.0 Å². The number of nitrogens with two attached hydrogens (primary N) is 1. The second-order valence-corrected chi connectivity index (χ2v) is 4.97. The smallest absolute Gasteiger partial charge is 0.241 e. The van der Waals surface area contributed by atoms with Crippen LogP contribution in [0.3, 0.4) is 0 Å². The lowest BCUT2D eigenvalue weighted by molar-refractivity contribution is 0.876. The number of aromatic amines is 1. The minimum absolute atomic E-state index is 0.0303. The van der Waals surface area contributed by atoms with Crippen LogP contribution >= 0.6 is 11.6 Å². The van der Waals surface area contributed by atoms with E-state index in [-0.39, 0.29) is 6.04 Å². The van der Waals surface area contributed by atoms with E-state index in [1.54, 1.807) is 6.20 Å². The zero-order chi connectivity index (χ0) is 14.8. The highest BCUT2D eigenvalue weighted by atomic mass is 35.5. The van der Waals surface area contributed by atoms with Crippen LogP contribution in [0.1, 0.15) is 18.5 Å². The van der Waals surface area contributed by atoms with Crippen molar-refractivity contribution >= 4 is 34.4 Å². The fourth-order valence-corrected chi connectivity index (χ4v) is 2.42. The lowest BCUT2D eigenvalue weighted by Crippen LogP contribution is -2.14. The van der Waals surface area contributed by atoms with Gasteiger partial charge in [0.2, 0.25) is 5.95 Å². The highest BCUT2D eigenvalue weighted by Crippen LogP contribution is 2.28. The van der Waals surface area contributed by atoms with Crippen LogP contribution in [-0.2, 0) is 0 Å². The van der Waals surface area contributed by atoms with E-state index >= 15 is 0 Å². The summed E-state index contributed by atoms with van der Waals surface area (Å²) in [6.07, 6.45) is 1.66. The van der Waals surface area contributed by atoms with Gasteiger partial charge in [-0.05, 0) is 18.6 Å². The maximum Gasteiger partial charge on any atom is 0.241 e. The number of fused-ring (bicyclic) bond motifs is 1. The van der Waals surface area contributed by atoms with Crippen molar-refractivity contribution in [3.63, 3.8) is 0 Å². The number of hydrazine groups is 1. The van der Waals surface area contributed by atoms with Crippen molar-refractivity contribution in [2.24, 2.45) is 5.84 Å². The molecule has 7 nitrogen and oxygen atoms in total. The Hall–Kier alpha value is -2.38. The number of hydrogen-bond donors (Lipinski definition) is 4. The molecule has 0 amide bonds. The molecule has 2 heterocycles. The van der Waals surface area contributed by atoms with E-state index in [9.17, 15) is 0 Å². The molecule has 0 radical (unpaired) electrons. The van der Waals surface area contributed by atoms with Gasteiger partial charge in [-0.2, -0.15) is 15.1 Å². The Balaban J connectivity index is 1.97. The zero-order valence-electron chi connectivity index (χ0n) is 11.3. The molecule has 108 valence electrons. The molecule has 0 bridgehead atoms. The SMILES string of the molecule is CC(Nc1nc(NN)nc2[nH]ncc12)c1ccccc1Cl. The molecule has 1 atom stereocenters. The van der Waals surface area contributed by atoms with Crippen molar-refractivity contribution in [3.8, 4) is 0 Å². The second-order valence-electron chi connectivity index (χ2n) is 4.56. The Morgan fingerprint density at radius 1 is 1.29 bits per heavy atom. The maximum atomic E-state index is 6.22. The Labute approximate surface area is 125 Å². The summed E-state index contributed by atoms with van der Waals surface area (Å²) in [5, 5.41) is 11.6. The lowest BCUT2D eigenvalue weighted by atomic mass is 10.1. The summed E-state index contributed by atoms with van der Waals surface area (Å²) in [6.45, 7) is 2.00. The first kappa shape index (κ1) is 13.6. The third kappa shape index (κ3) is 2.61. The number of benzene rings is 1. The number of H-pyrrole nitrogens is 1. The molecule has 8 heteroatoms. The van der Waals surface area contributed by atoms with Crippen LogP contribution in [0.2, 0.25) is 5.02 Å². The van der Waals surface area contributed by atoms with E-state index in [1.165, 1.54) is 0 Å². The number of rotatable bonds is 4. The molecule has 3 rings (SSSR count). The van der Waals surface area contributed by atoms with E-state index in [0.717, 1.165) is 10.9 Å². The van der Waals surface area contributed by atoms with E-state index in [4.69, 9.17) is 17.4 Å². The lowest BCUT2D eigenvalue weighted by Gasteiger charge is -2.17. The van der Waals surface area contributed by atoms with Gasteiger partial charge in [0.25, 0.3) is 0 Å². The first-order valence-corrected chi connectivity index (χ1v) is 6.75. The standard InChI is InChI=1S/C13H14ClN7/c1-7(8-4-2-3-5-10(8)14)17-11-9-6-16-21-12(9)19-13(18-11)20-15/h2-7H,15H2,1H3,(H3,16,17,18,19,20,21). The van der Waals surface area contributed by atoms with Gasteiger partial charge >= 0.3 is 0 Å². The molecule has 0 saturated heterocycles.